The molecule has 1 aliphatic rings. The van der Waals surface area contributed by atoms with Gasteiger partial charge in [0.15, 0.2) is 0 Å². The molecule has 0 saturated heterocycles. The number of nitrogens with two attached hydrogens (primary N) is 1. The third-order valence-corrected chi connectivity index (χ3v) is 2.53. The van der Waals surface area contributed by atoms with Crippen molar-refractivity contribution in [3.63, 3.8) is 0 Å². The summed E-state index contributed by atoms with van der Waals surface area (Å²) < 4.78 is 0. The first-order chi connectivity index (χ1) is 6.31. The Balaban J connectivity index is 0.000000980. The standard InChI is InChI=1S/C11H12N2.ClH/c12-7-8-2-1-3-10(6-8)11(13)9-4-5-9;/h1-3,6,9,11H,4-5,13H2;1H. The fraction of sp³-hybridized carbons (Fsp3) is 0.364. The quantitative estimate of drug-likeness (QED) is 0.812. The highest BCUT2D eigenvalue weighted by molar-refractivity contribution is 5.85. The minimum atomic E-state index is 0. The lowest BCUT2D eigenvalue weighted by Crippen LogP contribution is -2.12. The van der Waals surface area contributed by atoms with Gasteiger partial charge in [0.2, 0.25) is 0 Å². The van der Waals surface area contributed by atoms with Gasteiger partial charge in [-0.15, -0.1) is 12.4 Å². The monoisotopic (exact) mass is 208 g/mol. The Hall–Kier alpha value is -1.04. The second-order valence-electron chi connectivity index (χ2n) is 3.60. The van der Waals surface area contributed by atoms with Crippen LogP contribution >= 0.6 is 12.4 Å². The zero-order valence-electron chi connectivity index (χ0n) is 7.81. The van der Waals surface area contributed by atoms with Crippen molar-refractivity contribution in [1.82, 2.24) is 0 Å². The van der Waals surface area contributed by atoms with Crippen LogP contribution in [0.1, 0.15) is 30.0 Å². The molecule has 3 heteroatoms. The summed E-state index contributed by atoms with van der Waals surface area (Å²) >= 11 is 0. The van der Waals surface area contributed by atoms with Crippen LogP contribution in [-0.4, -0.2) is 0 Å². The second-order valence-corrected chi connectivity index (χ2v) is 3.60. The van der Waals surface area contributed by atoms with E-state index in [4.69, 9.17) is 11.0 Å². The molecule has 0 amide bonds. The van der Waals surface area contributed by atoms with E-state index in [1.807, 2.05) is 24.3 Å². The van der Waals surface area contributed by atoms with E-state index in [0.29, 0.717) is 11.5 Å². The van der Waals surface area contributed by atoms with Crippen LogP contribution in [0.4, 0.5) is 0 Å². The van der Waals surface area contributed by atoms with Gasteiger partial charge in [0.1, 0.15) is 0 Å². The second kappa shape index (κ2) is 4.45. The largest absolute Gasteiger partial charge is 0.324 e. The molecule has 2 rings (SSSR count). The molecule has 1 saturated carbocycles. The summed E-state index contributed by atoms with van der Waals surface area (Å²) in [5, 5.41) is 8.71. The Morgan fingerprint density at radius 3 is 2.71 bits per heavy atom. The molecule has 14 heavy (non-hydrogen) atoms. The lowest BCUT2D eigenvalue weighted by Gasteiger charge is -2.09. The van der Waals surface area contributed by atoms with Crippen molar-refractivity contribution in [2.75, 3.05) is 0 Å². The van der Waals surface area contributed by atoms with Crippen molar-refractivity contribution >= 4 is 12.4 Å². The number of halogens is 1. The summed E-state index contributed by atoms with van der Waals surface area (Å²) in [6.07, 6.45) is 2.47. The van der Waals surface area contributed by atoms with E-state index in [0.717, 1.165) is 5.56 Å². The van der Waals surface area contributed by atoms with E-state index in [9.17, 15) is 0 Å². The minimum absolute atomic E-state index is 0. The molecule has 0 heterocycles. The number of nitrogens with zero attached hydrogens (tertiary/aromatic N) is 1. The Labute approximate surface area is 90.1 Å². The number of rotatable bonds is 2. The summed E-state index contributed by atoms with van der Waals surface area (Å²) in [7, 11) is 0. The molecule has 0 radical (unpaired) electrons. The van der Waals surface area contributed by atoms with Gasteiger partial charge in [-0.25, -0.2) is 0 Å². The van der Waals surface area contributed by atoms with Crippen LogP contribution in [0.2, 0.25) is 0 Å². The van der Waals surface area contributed by atoms with Gasteiger partial charge in [0, 0.05) is 6.04 Å². The summed E-state index contributed by atoms with van der Waals surface area (Å²) in [5.41, 5.74) is 7.82. The van der Waals surface area contributed by atoms with Gasteiger partial charge in [-0.2, -0.15) is 5.26 Å². The predicted octanol–water partition coefficient (Wildman–Crippen LogP) is 2.39. The molecule has 2 nitrogen and oxygen atoms in total. The first-order valence-corrected chi connectivity index (χ1v) is 4.57. The van der Waals surface area contributed by atoms with Crippen molar-refractivity contribution in [1.29, 1.82) is 5.26 Å². The van der Waals surface area contributed by atoms with Crippen LogP contribution in [0.25, 0.3) is 0 Å². The first-order valence-electron chi connectivity index (χ1n) is 4.57. The maximum atomic E-state index is 8.71. The summed E-state index contributed by atoms with van der Waals surface area (Å²) in [4.78, 5) is 0. The van der Waals surface area contributed by atoms with Crippen molar-refractivity contribution in [2.24, 2.45) is 11.7 Å². The van der Waals surface area contributed by atoms with Crippen molar-refractivity contribution in [2.45, 2.75) is 18.9 Å². The van der Waals surface area contributed by atoms with Crippen LogP contribution in [0, 0.1) is 17.2 Å². The Bertz CT molecular complexity index is 353. The van der Waals surface area contributed by atoms with Crippen molar-refractivity contribution in [3.8, 4) is 6.07 Å². The van der Waals surface area contributed by atoms with Crippen molar-refractivity contribution < 1.29 is 0 Å². The van der Waals surface area contributed by atoms with Crippen LogP contribution in [0.15, 0.2) is 24.3 Å². The Morgan fingerprint density at radius 1 is 1.43 bits per heavy atom. The normalized spacial score (nSPS) is 16.6. The molecule has 0 aromatic heterocycles. The SMILES string of the molecule is Cl.N#Cc1cccc(C(N)C2CC2)c1. The third kappa shape index (κ3) is 2.25. The molecule has 1 aromatic rings. The molecule has 74 valence electrons. The van der Waals surface area contributed by atoms with E-state index in [1.165, 1.54) is 12.8 Å². The number of benzene rings is 1. The fourth-order valence-electron chi connectivity index (χ4n) is 1.54. The molecule has 1 aliphatic carbocycles. The van der Waals surface area contributed by atoms with Gasteiger partial charge in [0.05, 0.1) is 11.6 Å². The highest BCUT2D eigenvalue weighted by Crippen LogP contribution is 2.39. The predicted molar refractivity (Wildman–Crippen MR) is 58.1 cm³/mol. The van der Waals surface area contributed by atoms with Gasteiger partial charge in [-0.3, -0.25) is 0 Å². The molecule has 0 bridgehead atoms. The lowest BCUT2D eigenvalue weighted by atomic mass is 10.0. The molecular weight excluding hydrogens is 196 g/mol. The maximum Gasteiger partial charge on any atom is 0.0991 e. The zero-order valence-corrected chi connectivity index (χ0v) is 8.63. The Kier molecular flexibility index (Phi) is 3.51. The molecule has 0 spiro atoms. The minimum Gasteiger partial charge on any atom is -0.324 e. The third-order valence-electron chi connectivity index (χ3n) is 2.53. The van der Waals surface area contributed by atoms with E-state index >= 15 is 0 Å². The van der Waals surface area contributed by atoms with Gasteiger partial charge >= 0.3 is 0 Å². The van der Waals surface area contributed by atoms with Gasteiger partial charge in [-0.1, -0.05) is 12.1 Å². The first kappa shape index (κ1) is 11.0. The smallest absolute Gasteiger partial charge is 0.0991 e. The molecular formula is C11H13ClN2. The number of nitriles is 1. The molecule has 1 unspecified atom stereocenters. The molecule has 1 atom stereocenters. The van der Waals surface area contributed by atoms with Crippen LogP contribution in [0.3, 0.4) is 0 Å². The maximum absolute atomic E-state index is 8.71. The molecule has 2 N–H and O–H groups in total. The fourth-order valence-corrected chi connectivity index (χ4v) is 1.54. The summed E-state index contributed by atoms with van der Waals surface area (Å²) in [6.45, 7) is 0. The zero-order chi connectivity index (χ0) is 9.26. The van der Waals surface area contributed by atoms with Gasteiger partial charge in [-0.05, 0) is 36.5 Å². The highest BCUT2D eigenvalue weighted by Gasteiger charge is 2.29. The van der Waals surface area contributed by atoms with E-state index < -0.39 is 0 Å². The van der Waals surface area contributed by atoms with E-state index in [-0.39, 0.29) is 18.4 Å². The van der Waals surface area contributed by atoms with Crippen LogP contribution < -0.4 is 5.73 Å². The molecule has 1 aromatic carbocycles. The van der Waals surface area contributed by atoms with E-state index in [2.05, 4.69) is 6.07 Å². The number of hydrogen-bond acceptors (Lipinski definition) is 2. The van der Waals surface area contributed by atoms with Crippen molar-refractivity contribution in [3.05, 3.63) is 35.4 Å². The average Bonchev–Trinajstić information content (AvgIpc) is 3.00. The lowest BCUT2D eigenvalue weighted by molar-refractivity contribution is 0.633. The molecule has 0 aliphatic heterocycles. The summed E-state index contributed by atoms with van der Waals surface area (Å²) in [6, 6.07) is 9.86. The van der Waals surface area contributed by atoms with Crippen LogP contribution in [-0.2, 0) is 0 Å². The van der Waals surface area contributed by atoms with Gasteiger partial charge < -0.3 is 5.73 Å². The van der Waals surface area contributed by atoms with Gasteiger partial charge in [0.25, 0.3) is 0 Å². The highest BCUT2D eigenvalue weighted by atomic mass is 35.5. The molecule has 1 fully saturated rings. The topological polar surface area (TPSA) is 49.8 Å². The van der Waals surface area contributed by atoms with Crippen LogP contribution in [0.5, 0.6) is 0 Å². The number of hydrogen-bond donors (Lipinski definition) is 1. The Morgan fingerprint density at radius 2 is 2.14 bits per heavy atom. The summed E-state index contributed by atoms with van der Waals surface area (Å²) in [5.74, 6) is 0.647. The average molecular weight is 209 g/mol. The van der Waals surface area contributed by atoms with E-state index in [1.54, 1.807) is 0 Å².